The van der Waals surface area contributed by atoms with Gasteiger partial charge in [0, 0.05) is 28.5 Å². The number of thiol groups is 4. The molecule has 2 aliphatic carbocycles. The lowest BCUT2D eigenvalue weighted by atomic mass is 9.89. The van der Waals surface area contributed by atoms with E-state index in [0.29, 0.717) is 12.8 Å². The molecule has 2 aliphatic rings. The smallest absolute Gasteiger partial charge is 0.408 e. The van der Waals surface area contributed by atoms with Crippen LogP contribution in [0.2, 0.25) is 0 Å². The summed E-state index contributed by atoms with van der Waals surface area (Å²) in [6.07, 6.45) is -0.124. The lowest BCUT2D eigenvalue weighted by Gasteiger charge is -2.42. The van der Waals surface area contributed by atoms with Crippen LogP contribution in [0.1, 0.15) is 33.1 Å². The highest BCUT2D eigenvalue weighted by Crippen LogP contribution is 2.51. The molecule has 6 nitrogen and oxygen atoms in total. The number of carbonyl (C=O) groups is 2. The maximum atomic E-state index is 11.7. The van der Waals surface area contributed by atoms with Gasteiger partial charge >= 0.3 is 12.2 Å². The van der Waals surface area contributed by atoms with Crippen LogP contribution in [0.5, 0.6) is 0 Å². The molecule has 0 heterocycles. The van der Waals surface area contributed by atoms with Crippen LogP contribution in [-0.2, 0) is 0 Å². The number of fused-ring (bicyclic) bond motifs is 2. The second-order valence-corrected chi connectivity index (χ2v) is 9.52. The van der Waals surface area contributed by atoms with Crippen molar-refractivity contribution in [3.63, 3.8) is 0 Å². The first-order valence-electron chi connectivity index (χ1n) is 8.15. The third-order valence-corrected chi connectivity index (χ3v) is 7.53. The molecule has 7 atom stereocenters. The Labute approximate surface area is 170 Å². The molecule has 0 aromatic heterocycles. The average molecular weight is 426 g/mol. The highest BCUT2D eigenvalue weighted by Gasteiger charge is 2.53. The SMILES string of the molecule is CC(S)C(S)N(C(=O)O)C1CC2C[C]1CC2N(C(=O)O)C(S)C(C)S. The van der Waals surface area contributed by atoms with E-state index in [2.05, 4.69) is 50.5 Å². The van der Waals surface area contributed by atoms with E-state index in [1.165, 1.54) is 9.80 Å². The van der Waals surface area contributed by atoms with E-state index in [1.54, 1.807) is 0 Å². The lowest BCUT2D eigenvalue weighted by molar-refractivity contribution is 0.0829. The second-order valence-electron chi connectivity index (χ2n) is 6.83. The summed E-state index contributed by atoms with van der Waals surface area (Å²) in [4.78, 5) is 26.2. The topological polar surface area (TPSA) is 81.1 Å². The van der Waals surface area contributed by atoms with E-state index in [4.69, 9.17) is 0 Å². The summed E-state index contributed by atoms with van der Waals surface area (Å²) in [6.45, 7) is 3.62. The van der Waals surface area contributed by atoms with Crippen molar-refractivity contribution in [2.45, 2.75) is 66.4 Å². The van der Waals surface area contributed by atoms with Gasteiger partial charge in [-0.1, -0.05) is 13.8 Å². The summed E-state index contributed by atoms with van der Waals surface area (Å²) >= 11 is 17.5. The molecule has 10 heteroatoms. The molecule has 2 fully saturated rings. The molecule has 0 saturated heterocycles. The quantitative estimate of drug-likeness (QED) is 0.292. The van der Waals surface area contributed by atoms with Crippen molar-refractivity contribution in [1.82, 2.24) is 9.80 Å². The van der Waals surface area contributed by atoms with Crippen LogP contribution in [0.15, 0.2) is 0 Å². The average Bonchev–Trinajstić information content (AvgIpc) is 3.06. The van der Waals surface area contributed by atoms with E-state index in [-0.39, 0.29) is 28.5 Å². The molecule has 7 unspecified atom stereocenters. The zero-order valence-electron chi connectivity index (χ0n) is 14.1. The Bertz CT molecular complexity index is 478. The van der Waals surface area contributed by atoms with Gasteiger partial charge in [0.15, 0.2) is 0 Å². The molecule has 1 radical (unpaired) electrons. The molecule has 2 bridgehead atoms. The van der Waals surface area contributed by atoms with Gasteiger partial charge in [0.25, 0.3) is 0 Å². The Balaban J connectivity index is 2.15. The largest absolute Gasteiger partial charge is 0.465 e. The van der Waals surface area contributed by atoms with Crippen molar-refractivity contribution in [1.29, 1.82) is 0 Å². The van der Waals surface area contributed by atoms with Gasteiger partial charge in [0.2, 0.25) is 0 Å². The first kappa shape index (κ1) is 21.2. The van der Waals surface area contributed by atoms with Crippen molar-refractivity contribution in [2.75, 3.05) is 0 Å². The summed E-state index contributed by atoms with van der Waals surface area (Å²) in [5.41, 5.74) is 0. The van der Waals surface area contributed by atoms with E-state index < -0.39 is 22.9 Å². The molecule has 2 amide bonds. The van der Waals surface area contributed by atoms with Gasteiger partial charge in [-0.2, -0.15) is 50.5 Å². The Morgan fingerprint density at radius 3 is 1.80 bits per heavy atom. The molecule has 0 aromatic rings. The minimum absolute atomic E-state index is 0.0930. The molecule has 0 aliphatic heterocycles. The molecule has 25 heavy (non-hydrogen) atoms. The van der Waals surface area contributed by atoms with Gasteiger partial charge in [-0.15, -0.1) is 0 Å². The zero-order chi connectivity index (χ0) is 19.0. The van der Waals surface area contributed by atoms with Gasteiger partial charge in [0.05, 0.1) is 10.7 Å². The molecule has 143 valence electrons. The van der Waals surface area contributed by atoms with E-state index in [0.717, 1.165) is 12.3 Å². The van der Waals surface area contributed by atoms with E-state index >= 15 is 0 Å². The molecule has 0 aromatic carbocycles. The van der Waals surface area contributed by atoms with Crippen molar-refractivity contribution in [3.8, 4) is 0 Å². The van der Waals surface area contributed by atoms with Crippen LogP contribution in [0.4, 0.5) is 9.59 Å². The van der Waals surface area contributed by atoms with Gasteiger partial charge in [0.1, 0.15) is 0 Å². The second kappa shape index (κ2) is 8.31. The molecule has 0 spiro atoms. The first-order valence-corrected chi connectivity index (χ1v) is 10.2. The Morgan fingerprint density at radius 2 is 1.44 bits per heavy atom. The Morgan fingerprint density at radius 1 is 0.960 bits per heavy atom. The van der Waals surface area contributed by atoms with Crippen molar-refractivity contribution >= 4 is 62.7 Å². The number of hydrogen-bond donors (Lipinski definition) is 6. The Kier molecular flexibility index (Phi) is 7.06. The fourth-order valence-corrected chi connectivity index (χ4v) is 4.76. The fraction of sp³-hybridized carbons (Fsp3) is 0.800. The monoisotopic (exact) mass is 425 g/mol. The van der Waals surface area contributed by atoms with Crippen LogP contribution in [-0.4, -0.2) is 65.5 Å². The van der Waals surface area contributed by atoms with E-state index in [9.17, 15) is 19.8 Å². The van der Waals surface area contributed by atoms with Gasteiger partial charge in [-0.3, -0.25) is 9.80 Å². The predicted octanol–water partition coefficient (Wildman–Crippen LogP) is 3.22. The first-order chi connectivity index (χ1) is 11.6. The van der Waals surface area contributed by atoms with Gasteiger partial charge < -0.3 is 10.2 Å². The number of rotatable bonds is 6. The summed E-state index contributed by atoms with van der Waals surface area (Å²) < 4.78 is 0. The third-order valence-electron chi connectivity index (χ3n) is 5.10. The predicted molar refractivity (Wildman–Crippen MR) is 110 cm³/mol. The minimum Gasteiger partial charge on any atom is -0.465 e. The normalized spacial score (nSPS) is 30.6. The molecule has 2 N–H and O–H groups in total. The summed E-state index contributed by atoms with van der Waals surface area (Å²) in [5.74, 6) is 1.17. The van der Waals surface area contributed by atoms with Crippen LogP contribution in [0.3, 0.4) is 0 Å². The van der Waals surface area contributed by atoms with Crippen LogP contribution in [0, 0.1) is 11.8 Å². The van der Waals surface area contributed by atoms with E-state index in [1.807, 2.05) is 13.8 Å². The number of amides is 2. The van der Waals surface area contributed by atoms with Crippen molar-refractivity contribution in [2.24, 2.45) is 5.92 Å². The Hall–Kier alpha value is -0.0600. The number of hydrogen-bond acceptors (Lipinski definition) is 6. The summed E-state index contributed by atoms with van der Waals surface area (Å²) in [6, 6.07) is -0.401. The van der Waals surface area contributed by atoms with Gasteiger partial charge in [-0.25, -0.2) is 9.59 Å². The van der Waals surface area contributed by atoms with Crippen molar-refractivity contribution < 1.29 is 19.8 Å². The van der Waals surface area contributed by atoms with Crippen LogP contribution < -0.4 is 0 Å². The number of nitrogens with zero attached hydrogens (tertiary/aromatic N) is 2. The summed E-state index contributed by atoms with van der Waals surface area (Å²) in [7, 11) is 0. The molecule has 2 rings (SSSR count). The number of carboxylic acid groups (broad SMARTS) is 2. The van der Waals surface area contributed by atoms with Crippen LogP contribution in [0.25, 0.3) is 0 Å². The third kappa shape index (κ3) is 4.27. The maximum Gasteiger partial charge on any atom is 0.408 e. The summed E-state index contributed by atoms with van der Waals surface area (Å²) in [5, 5.41) is 17.8. The lowest BCUT2D eigenvalue weighted by Crippen LogP contribution is -2.54. The van der Waals surface area contributed by atoms with Crippen molar-refractivity contribution in [3.05, 3.63) is 5.92 Å². The van der Waals surface area contributed by atoms with Gasteiger partial charge in [-0.05, 0) is 25.2 Å². The maximum absolute atomic E-state index is 11.7. The zero-order valence-corrected chi connectivity index (χ0v) is 17.6. The standard InChI is InChI=1S/C15H25N2O4S4/c1-6(22)12(24)16(14(18)19)10-4-9-3-8(10)5-11(9)17(15(20)21)13(25)7(2)23/h6-8,10-13,22-25H,3-5H2,1-2H3,(H,18,19)(H,20,21). The highest BCUT2D eigenvalue weighted by atomic mass is 32.1. The minimum atomic E-state index is -1.02. The molecular weight excluding hydrogens is 400 g/mol. The fourth-order valence-electron chi connectivity index (χ4n) is 3.94. The molecular formula is C15H25N2O4S4. The highest BCUT2D eigenvalue weighted by molar-refractivity contribution is 7.85. The molecule has 2 saturated carbocycles. The van der Waals surface area contributed by atoms with Crippen LogP contribution >= 0.6 is 50.5 Å².